The van der Waals surface area contributed by atoms with Gasteiger partial charge < -0.3 is 25.4 Å². The number of benzene rings is 2. The third kappa shape index (κ3) is 9.04. The summed E-state index contributed by atoms with van der Waals surface area (Å²) in [5.74, 6) is 2.94. The Morgan fingerprint density at radius 2 is 1.90 bits per heavy atom. The molecular formula is C23H31IN4O3. The van der Waals surface area contributed by atoms with Crippen LogP contribution in [0.1, 0.15) is 25.3 Å². The summed E-state index contributed by atoms with van der Waals surface area (Å²) in [4.78, 5) is 15.4. The van der Waals surface area contributed by atoms with Gasteiger partial charge in [-0.25, -0.2) is 0 Å². The Kier molecular flexibility index (Phi) is 10.4. The maximum atomic E-state index is 11.2. The number of ether oxygens (including phenoxy) is 2. The van der Waals surface area contributed by atoms with E-state index < -0.39 is 0 Å². The number of carbonyl (C=O) groups excluding carboxylic acids is 1. The number of rotatable bonds is 10. The molecule has 168 valence electrons. The molecule has 0 spiro atoms. The Labute approximate surface area is 201 Å². The number of carbonyl (C=O) groups is 1. The molecule has 0 unspecified atom stereocenters. The average Bonchev–Trinajstić information content (AvgIpc) is 3.57. The van der Waals surface area contributed by atoms with E-state index in [2.05, 4.69) is 27.0 Å². The van der Waals surface area contributed by atoms with E-state index in [1.54, 1.807) is 13.1 Å². The third-order valence-electron chi connectivity index (χ3n) is 4.63. The number of hydrogen-bond donors (Lipinski definition) is 3. The van der Waals surface area contributed by atoms with E-state index in [9.17, 15) is 4.79 Å². The van der Waals surface area contributed by atoms with E-state index >= 15 is 0 Å². The molecule has 31 heavy (non-hydrogen) atoms. The van der Waals surface area contributed by atoms with Gasteiger partial charge in [0.05, 0.1) is 13.2 Å². The van der Waals surface area contributed by atoms with Crippen LogP contribution in [0.5, 0.6) is 11.5 Å². The molecule has 1 fully saturated rings. The Bertz CT molecular complexity index is 871. The zero-order valence-electron chi connectivity index (χ0n) is 18.0. The molecular weight excluding hydrogens is 507 g/mol. The largest absolute Gasteiger partial charge is 0.493 e. The Hall–Kier alpha value is -2.49. The maximum absolute atomic E-state index is 11.2. The fourth-order valence-electron chi connectivity index (χ4n) is 2.89. The number of nitrogens with one attached hydrogen (secondary N) is 3. The molecule has 3 N–H and O–H groups in total. The lowest BCUT2D eigenvalue weighted by Crippen LogP contribution is -2.38. The Morgan fingerprint density at radius 1 is 1.10 bits per heavy atom. The van der Waals surface area contributed by atoms with Crippen LogP contribution in [-0.2, 0) is 11.3 Å². The molecule has 0 atom stereocenters. The second-order valence-electron chi connectivity index (χ2n) is 7.27. The van der Waals surface area contributed by atoms with Gasteiger partial charge in [-0.15, -0.1) is 24.0 Å². The van der Waals surface area contributed by atoms with E-state index in [-0.39, 0.29) is 29.9 Å². The third-order valence-corrected chi connectivity index (χ3v) is 4.63. The summed E-state index contributed by atoms with van der Waals surface area (Å²) in [6.45, 7) is 3.95. The molecule has 1 aliphatic rings. The zero-order chi connectivity index (χ0) is 21.2. The van der Waals surface area contributed by atoms with E-state index in [4.69, 9.17) is 9.47 Å². The van der Waals surface area contributed by atoms with Gasteiger partial charge in [-0.3, -0.25) is 9.79 Å². The lowest BCUT2D eigenvalue weighted by molar-refractivity contribution is -0.114. The number of amides is 1. The number of aliphatic imine (C=N–C) groups is 1. The molecule has 0 radical (unpaired) electrons. The van der Waals surface area contributed by atoms with E-state index in [0.29, 0.717) is 37.1 Å². The van der Waals surface area contributed by atoms with Crippen LogP contribution in [0.15, 0.2) is 53.5 Å². The smallest absolute Gasteiger partial charge is 0.221 e. The molecule has 2 aromatic carbocycles. The quantitative estimate of drug-likeness (QED) is 0.186. The first-order valence-electron chi connectivity index (χ1n) is 10.3. The summed E-state index contributed by atoms with van der Waals surface area (Å²) in [6, 6.07) is 15.4. The van der Waals surface area contributed by atoms with Crippen LogP contribution in [0.3, 0.4) is 0 Å². The molecule has 1 aliphatic carbocycles. The molecule has 0 saturated heterocycles. The summed E-state index contributed by atoms with van der Waals surface area (Å²) in [5.41, 5.74) is 1.82. The van der Waals surface area contributed by atoms with Crippen LogP contribution in [0.4, 0.5) is 5.69 Å². The molecule has 3 rings (SSSR count). The number of guanidine groups is 1. The number of para-hydroxylation sites is 1. The van der Waals surface area contributed by atoms with Gasteiger partial charge in [0.25, 0.3) is 0 Å². The summed E-state index contributed by atoms with van der Waals surface area (Å²) in [5, 5.41) is 9.30. The van der Waals surface area contributed by atoms with E-state index in [1.807, 2.05) is 36.4 Å². The van der Waals surface area contributed by atoms with E-state index in [1.165, 1.54) is 19.8 Å². The van der Waals surface area contributed by atoms with Crippen LogP contribution in [-0.4, -0.2) is 38.7 Å². The number of halogens is 1. The second-order valence-corrected chi connectivity index (χ2v) is 7.27. The first kappa shape index (κ1) is 24.8. The molecule has 0 heterocycles. The standard InChI is InChI=1S/C23H30N4O3.HI/c1-17(28)27-20-7-5-8-21(14-20)29-13-12-25-23(24-2)26-15-19-6-3-4-9-22(19)30-16-18-10-11-18;/h3-9,14,18H,10-13,15-16H2,1-2H3,(H,27,28)(H2,24,25,26);1H. The highest BCUT2D eigenvalue weighted by atomic mass is 127. The Balaban J connectivity index is 0.00000341. The summed E-state index contributed by atoms with van der Waals surface area (Å²) < 4.78 is 11.7. The fraction of sp³-hybridized carbons (Fsp3) is 0.391. The number of anilines is 1. The Morgan fingerprint density at radius 3 is 2.65 bits per heavy atom. The average molecular weight is 538 g/mol. The van der Waals surface area contributed by atoms with Crippen LogP contribution in [0, 0.1) is 5.92 Å². The van der Waals surface area contributed by atoms with Gasteiger partial charge in [0.1, 0.15) is 18.1 Å². The van der Waals surface area contributed by atoms with Gasteiger partial charge in [0, 0.05) is 37.8 Å². The van der Waals surface area contributed by atoms with Crippen molar-refractivity contribution in [1.82, 2.24) is 10.6 Å². The topological polar surface area (TPSA) is 84.0 Å². The van der Waals surface area contributed by atoms with Gasteiger partial charge in [-0.05, 0) is 37.0 Å². The van der Waals surface area contributed by atoms with Gasteiger partial charge in [-0.2, -0.15) is 0 Å². The highest BCUT2D eigenvalue weighted by Crippen LogP contribution is 2.30. The predicted octanol–water partition coefficient (Wildman–Crippen LogP) is 3.80. The van der Waals surface area contributed by atoms with Crippen molar-refractivity contribution in [2.75, 3.05) is 32.1 Å². The van der Waals surface area contributed by atoms with Crippen molar-refractivity contribution in [3.8, 4) is 11.5 Å². The van der Waals surface area contributed by atoms with Crippen LogP contribution in [0.2, 0.25) is 0 Å². The van der Waals surface area contributed by atoms with Crippen molar-refractivity contribution in [2.45, 2.75) is 26.3 Å². The highest BCUT2D eigenvalue weighted by Gasteiger charge is 2.22. The first-order chi connectivity index (χ1) is 14.6. The van der Waals surface area contributed by atoms with Crippen molar-refractivity contribution in [3.63, 3.8) is 0 Å². The second kappa shape index (κ2) is 13.0. The lowest BCUT2D eigenvalue weighted by atomic mass is 10.2. The minimum Gasteiger partial charge on any atom is -0.493 e. The maximum Gasteiger partial charge on any atom is 0.221 e. The van der Waals surface area contributed by atoms with Crippen molar-refractivity contribution >= 4 is 41.5 Å². The molecule has 1 amide bonds. The van der Waals surface area contributed by atoms with Gasteiger partial charge in [-0.1, -0.05) is 24.3 Å². The molecule has 0 aromatic heterocycles. The number of hydrogen-bond acceptors (Lipinski definition) is 4. The summed E-state index contributed by atoms with van der Waals surface area (Å²) >= 11 is 0. The number of nitrogens with zero attached hydrogens (tertiary/aromatic N) is 1. The van der Waals surface area contributed by atoms with Gasteiger partial charge >= 0.3 is 0 Å². The van der Waals surface area contributed by atoms with Crippen LogP contribution >= 0.6 is 24.0 Å². The van der Waals surface area contributed by atoms with Gasteiger partial charge in [0.2, 0.25) is 5.91 Å². The lowest BCUT2D eigenvalue weighted by Gasteiger charge is -2.15. The van der Waals surface area contributed by atoms with Crippen molar-refractivity contribution in [1.29, 1.82) is 0 Å². The fourth-order valence-corrected chi connectivity index (χ4v) is 2.89. The summed E-state index contributed by atoms with van der Waals surface area (Å²) in [7, 11) is 1.74. The highest BCUT2D eigenvalue weighted by molar-refractivity contribution is 14.0. The van der Waals surface area contributed by atoms with Crippen molar-refractivity contribution < 1.29 is 14.3 Å². The van der Waals surface area contributed by atoms with Gasteiger partial charge in [0.15, 0.2) is 5.96 Å². The first-order valence-corrected chi connectivity index (χ1v) is 10.3. The van der Waals surface area contributed by atoms with E-state index in [0.717, 1.165) is 23.8 Å². The molecule has 2 aromatic rings. The van der Waals surface area contributed by atoms with Crippen molar-refractivity contribution in [2.24, 2.45) is 10.9 Å². The van der Waals surface area contributed by atoms with Crippen LogP contribution < -0.4 is 25.4 Å². The minimum atomic E-state index is -0.108. The zero-order valence-corrected chi connectivity index (χ0v) is 20.3. The molecule has 8 heteroatoms. The molecule has 1 saturated carbocycles. The van der Waals surface area contributed by atoms with Crippen LogP contribution in [0.25, 0.3) is 0 Å². The SMILES string of the molecule is CN=C(NCCOc1cccc(NC(C)=O)c1)NCc1ccccc1OCC1CC1.I. The monoisotopic (exact) mass is 538 g/mol. The molecule has 0 bridgehead atoms. The predicted molar refractivity (Wildman–Crippen MR) is 135 cm³/mol. The molecule has 0 aliphatic heterocycles. The normalized spacial score (nSPS) is 13.0. The minimum absolute atomic E-state index is 0. The molecule has 7 nitrogen and oxygen atoms in total. The van der Waals surface area contributed by atoms with Crippen molar-refractivity contribution in [3.05, 3.63) is 54.1 Å². The summed E-state index contributed by atoms with van der Waals surface area (Å²) in [6.07, 6.45) is 2.55.